The fourth-order valence-corrected chi connectivity index (χ4v) is 2.41. The fourth-order valence-electron chi connectivity index (χ4n) is 2.41. The molecular formula is C18H16N2O3. The second-order valence-corrected chi connectivity index (χ2v) is 4.84. The van der Waals surface area contributed by atoms with E-state index in [1.807, 2.05) is 52.9 Å². The molecule has 3 rings (SSSR count). The van der Waals surface area contributed by atoms with Crippen LogP contribution in [-0.4, -0.2) is 29.6 Å². The predicted octanol–water partition coefficient (Wildman–Crippen LogP) is 3.20. The molecule has 23 heavy (non-hydrogen) atoms. The zero-order valence-corrected chi connectivity index (χ0v) is 12.9. The van der Waals surface area contributed by atoms with Gasteiger partial charge in [-0.05, 0) is 18.2 Å². The Morgan fingerprint density at radius 3 is 2.57 bits per heavy atom. The molecule has 0 atom stereocenters. The van der Waals surface area contributed by atoms with E-state index in [0.29, 0.717) is 5.88 Å². The molecule has 0 saturated heterocycles. The van der Waals surface area contributed by atoms with Crippen LogP contribution >= 0.6 is 0 Å². The largest absolute Gasteiger partial charge is 0.480 e. The summed E-state index contributed by atoms with van der Waals surface area (Å²) in [6.07, 6.45) is 3.05. The van der Waals surface area contributed by atoms with Gasteiger partial charge in [-0.3, -0.25) is 4.40 Å². The normalized spacial score (nSPS) is 11.0. The van der Waals surface area contributed by atoms with Gasteiger partial charge in [0.15, 0.2) is 0 Å². The van der Waals surface area contributed by atoms with Crippen molar-refractivity contribution in [3.05, 3.63) is 60.3 Å². The first-order valence-electron chi connectivity index (χ1n) is 7.11. The van der Waals surface area contributed by atoms with Crippen molar-refractivity contribution in [2.75, 3.05) is 14.2 Å². The Bertz CT molecular complexity index is 867. The Kier molecular flexibility index (Phi) is 4.10. The lowest BCUT2D eigenvalue weighted by Gasteiger charge is -2.06. The summed E-state index contributed by atoms with van der Waals surface area (Å²) in [5.74, 6) is 0.209. The van der Waals surface area contributed by atoms with E-state index in [0.717, 1.165) is 22.6 Å². The molecule has 0 N–H and O–H groups in total. The van der Waals surface area contributed by atoms with Crippen molar-refractivity contribution in [2.45, 2.75) is 0 Å². The minimum absolute atomic E-state index is 0.413. The van der Waals surface area contributed by atoms with Gasteiger partial charge in [-0.2, -0.15) is 0 Å². The lowest BCUT2D eigenvalue weighted by atomic mass is 10.2. The van der Waals surface area contributed by atoms with E-state index in [4.69, 9.17) is 4.74 Å². The lowest BCUT2D eigenvalue weighted by molar-refractivity contribution is -0.134. The number of aromatic nitrogens is 2. The van der Waals surface area contributed by atoms with E-state index in [9.17, 15) is 4.79 Å². The summed E-state index contributed by atoms with van der Waals surface area (Å²) in [5, 5.41) is 0. The molecule has 2 heterocycles. The highest BCUT2D eigenvalue weighted by Crippen LogP contribution is 2.31. The van der Waals surface area contributed by atoms with Gasteiger partial charge >= 0.3 is 5.97 Å². The summed E-state index contributed by atoms with van der Waals surface area (Å²) in [5.41, 5.74) is 3.25. The van der Waals surface area contributed by atoms with Crippen molar-refractivity contribution in [1.82, 2.24) is 9.38 Å². The first kappa shape index (κ1) is 14.8. The van der Waals surface area contributed by atoms with Gasteiger partial charge in [0, 0.05) is 11.6 Å². The second kappa shape index (κ2) is 6.36. The van der Waals surface area contributed by atoms with Crippen molar-refractivity contribution in [3.8, 4) is 17.1 Å². The summed E-state index contributed by atoms with van der Waals surface area (Å²) in [6.45, 7) is 0. The number of carbonyl (C=O) groups is 1. The number of ether oxygens (including phenoxy) is 2. The number of fused-ring (bicyclic) bond motifs is 1. The maximum absolute atomic E-state index is 11.3. The van der Waals surface area contributed by atoms with Gasteiger partial charge in [0.2, 0.25) is 5.88 Å². The zero-order valence-electron chi connectivity index (χ0n) is 12.9. The van der Waals surface area contributed by atoms with Crippen molar-refractivity contribution in [2.24, 2.45) is 0 Å². The highest BCUT2D eigenvalue weighted by atomic mass is 16.5. The van der Waals surface area contributed by atoms with Crippen molar-refractivity contribution in [3.63, 3.8) is 0 Å². The molecule has 0 fully saturated rings. The quantitative estimate of drug-likeness (QED) is 0.548. The van der Waals surface area contributed by atoms with E-state index >= 15 is 0 Å². The smallest absolute Gasteiger partial charge is 0.330 e. The summed E-state index contributed by atoms with van der Waals surface area (Å²) in [4.78, 5) is 16.0. The van der Waals surface area contributed by atoms with Crippen molar-refractivity contribution >= 4 is 17.7 Å². The Hall–Kier alpha value is -3.08. The topological polar surface area (TPSA) is 52.8 Å². The maximum atomic E-state index is 11.3. The van der Waals surface area contributed by atoms with Gasteiger partial charge in [-0.25, -0.2) is 9.78 Å². The van der Waals surface area contributed by atoms with E-state index in [1.165, 1.54) is 13.2 Å². The first-order chi connectivity index (χ1) is 11.2. The van der Waals surface area contributed by atoms with Crippen LogP contribution in [0, 0.1) is 0 Å². The van der Waals surface area contributed by atoms with Crippen LogP contribution in [0.15, 0.2) is 54.6 Å². The molecule has 0 aliphatic heterocycles. The number of esters is 1. The maximum Gasteiger partial charge on any atom is 0.330 e. The summed E-state index contributed by atoms with van der Waals surface area (Å²) >= 11 is 0. The number of imidazole rings is 1. The molecule has 0 radical (unpaired) electrons. The van der Waals surface area contributed by atoms with Crippen LogP contribution in [0.3, 0.4) is 0 Å². The number of carbonyl (C=O) groups excluding carboxylic acids is 1. The number of hydrogen-bond acceptors (Lipinski definition) is 4. The Morgan fingerprint density at radius 2 is 1.87 bits per heavy atom. The van der Waals surface area contributed by atoms with E-state index in [1.54, 1.807) is 13.2 Å². The van der Waals surface area contributed by atoms with Crippen LogP contribution in [0.25, 0.3) is 23.0 Å². The molecule has 3 aromatic rings. The number of hydrogen-bond donors (Lipinski definition) is 0. The SMILES string of the molecule is COC(=O)/C=C/c1cccc2nc(-c3ccccc3)c(OC)n12. The molecule has 2 aromatic heterocycles. The summed E-state index contributed by atoms with van der Waals surface area (Å²) < 4.78 is 12.1. The molecule has 5 nitrogen and oxygen atoms in total. The van der Waals surface area contributed by atoms with Gasteiger partial charge in [-0.1, -0.05) is 36.4 Å². The lowest BCUT2D eigenvalue weighted by Crippen LogP contribution is -1.97. The molecule has 5 heteroatoms. The fraction of sp³-hybridized carbons (Fsp3) is 0.111. The number of benzene rings is 1. The molecule has 0 spiro atoms. The van der Waals surface area contributed by atoms with Crippen molar-refractivity contribution < 1.29 is 14.3 Å². The van der Waals surface area contributed by atoms with E-state index < -0.39 is 5.97 Å². The van der Waals surface area contributed by atoms with Gasteiger partial charge in [0.05, 0.1) is 19.9 Å². The molecule has 0 saturated carbocycles. The molecule has 0 bridgehead atoms. The number of rotatable bonds is 4. The van der Waals surface area contributed by atoms with Gasteiger partial charge < -0.3 is 9.47 Å². The monoisotopic (exact) mass is 308 g/mol. The number of pyridine rings is 1. The summed E-state index contributed by atoms with van der Waals surface area (Å²) in [6, 6.07) is 15.5. The molecule has 116 valence electrons. The summed E-state index contributed by atoms with van der Waals surface area (Å²) in [7, 11) is 2.95. The minimum atomic E-state index is -0.413. The van der Waals surface area contributed by atoms with Crippen LogP contribution in [0.5, 0.6) is 5.88 Å². The average Bonchev–Trinajstić information content (AvgIpc) is 2.99. The molecule has 0 amide bonds. The average molecular weight is 308 g/mol. The third-order valence-corrected chi connectivity index (χ3v) is 3.46. The molecule has 0 aliphatic rings. The number of nitrogens with zero attached hydrogens (tertiary/aromatic N) is 2. The zero-order chi connectivity index (χ0) is 16.2. The van der Waals surface area contributed by atoms with E-state index in [-0.39, 0.29) is 0 Å². The third kappa shape index (κ3) is 2.81. The highest BCUT2D eigenvalue weighted by molar-refractivity contribution is 5.87. The van der Waals surface area contributed by atoms with Crippen LogP contribution in [0.1, 0.15) is 5.69 Å². The first-order valence-corrected chi connectivity index (χ1v) is 7.11. The van der Waals surface area contributed by atoms with Crippen LogP contribution in [0.2, 0.25) is 0 Å². The predicted molar refractivity (Wildman–Crippen MR) is 88.2 cm³/mol. The highest BCUT2D eigenvalue weighted by Gasteiger charge is 2.16. The molecular weight excluding hydrogens is 292 g/mol. The standard InChI is InChI=1S/C18H16N2O3/c1-22-16(21)12-11-14-9-6-10-15-19-17(18(23-2)20(14)15)13-7-4-3-5-8-13/h3-12H,1-2H3/b12-11+. The Morgan fingerprint density at radius 1 is 1.09 bits per heavy atom. The van der Waals surface area contributed by atoms with Gasteiger partial charge in [0.25, 0.3) is 0 Å². The van der Waals surface area contributed by atoms with Crippen molar-refractivity contribution in [1.29, 1.82) is 0 Å². The van der Waals surface area contributed by atoms with Crippen LogP contribution in [-0.2, 0) is 9.53 Å². The minimum Gasteiger partial charge on any atom is -0.480 e. The number of methoxy groups -OCH3 is 2. The van der Waals surface area contributed by atoms with E-state index in [2.05, 4.69) is 9.72 Å². The molecule has 0 aliphatic carbocycles. The van der Waals surface area contributed by atoms with Gasteiger partial charge in [-0.15, -0.1) is 0 Å². The Labute approximate surface area is 133 Å². The third-order valence-electron chi connectivity index (χ3n) is 3.46. The van der Waals surface area contributed by atoms with Gasteiger partial charge in [0.1, 0.15) is 11.3 Å². The van der Waals surface area contributed by atoms with Crippen LogP contribution < -0.4 is 4.74 Å². The van der Waals surface area contributed by atoms with Crippen LogP contribution in [0.4, 0.5) is 0 Å². The Balaban J connectivity index is 2.19. The molecule has 0 unspecified atom stereocenters. The molecule has 1 aromatic carbocycles. The second-order valence-electron chi connectivity index (χ2n) is 4.84.